The van der Waals surface area contributed by atoms with Crippen molar-refractivity contribution >= 4 is 40.5 Å². The third-order valence-electron chi connectivity index (χ3n) is 5.17. The molecule has 1 heterocycles. The minimum Gasteiger partial charge on any atom is -0.466 e. The number of esters is 1. The zero-order valence-electron chi connectivity index (χ0n) is 19.5. The number of hydrogen-bond acceptors (Lipinski definition) is 5. The van der Waals surface area contributed by atoms with Gasteiger partial charge in [-0.05, 0) is 61.2 Å². The molecule has 0 atom stereocenters. The van der Waals surface area contributed by atoms with Crippen molar-refractivity contribution in [2.75, 3.05) is 17.2 Å². The predicted molar refractivity (Wildman–Crippen MR) is 132 cm³/mol. The molecule has 0 saturated carbocycles. The first kappa shape index (κ1) is 27.0. The third-order valence-corrected chi connectivity index (χ3v) is 5.48. The molecule has 0 radical (unpaired) electrons. The van der Waals surface area contributed by atoms with Gasteiger partial charge < -0.3 is 15.4 Å². The van der Waals surface area contributed by atoms with Crippen LogP contribution in [0, 0.1) is 0 Å². The second-order valence-electron chi connectivity index (χ2n) is 7.94. The van der Waals surface area contributed by atoms with Crippen molar-refractivity contribution in [1.82, 2.24) is 4.98 Å². The number of hydrogen-bond donors (Lipinski definition) is 2. The largest absolute Gasteiger partial charge is 0.466 e. The lowest BCUT2D eigenvalue weighted by Gasteiger charge is -2.18. The Morgan fingerprint density at radius 1 is 1.06 bits per heavy atom. The summed E-state index contributed by atoms with van der Waals surface area (Å²) in [6, 6.07) is 12.4. The molecular weight excluding hydrogens is 495 g/mol. The van der Waals surface area contributed by atoms with Crippen molar-refractivity contribution in [1.29, 1.82) is 0 Å². The molecule has 2 N–H and O–H groups in total. The molecule has 190 valence electrons. The summed E-state index contributed by atoms with van der Waals surface area (Å²) in [6.45, 7) is 2.00. The van der Waals surface area contributed by atoms with Crippen LogP contribution in [0.4, 0.5) is 30.2 Å². The van der Waals surface area contributed by atoms with Crippen LogP contribution in [-0.4, -0.2) is 23.5 Å². The SMILES string of the molecule is CCOC(=O)Cc1ccc(Nc2cc(Cl)c(C(F)(F)F)cc2NC(=O)CCCc2cccnc2)cc1. The zero-order chi connectivity index (χ0) is 26.1. The highest BCUT2D eigenvalue weighted by atomic mass is 35.5. The van der Waals surface area contributed by atoms with Gasteiger partial charge in [0.25, 0.3) is 0 Å². The molecule has 0 aliphatic heterocycles. The first-order valence-electron chi connectivity index (χ1n) is 11.3. The Morgan fingerprint density at radius 3 is 2.44 bits per heavy atom. The van der Waals surface area contributed by atoms with Crippen LogP contribution in [0.25, 0.3) is 0 Å². The Balaban J connectivity index is 1.75. The van der Waals surface area contributed by atoms with Gasteiger partial charge in [0.15, 0.2) is 0 Å². The van der Waals surface area contributed by atoms with E-state index in [1.54, 1.807) is 49.6 Å². The van der Waals surface area contributed by atoms with E-state index < -0.39 is 22.7 Å². The standard InChI is InChI=1S/C26H25ClF3N3O3/c1-2-36-25(35)13-17-8-10-19(11-9-17)32-23-15-21(27)20(26(28,29)30)14-22(23)33-24(34)7-3-5-18-6-4-12-31-16-18/h4,6,8-12,14-16,32H,2-3,5,7,13H2,1H3,(H,33,34). The molecule has 0 fully saturated rings. The lowest BCUT2D eigenvalue weighted by Crippen LogP contribution is -2.15. The Kier molecular flexibility index (Phi) is 9.30. The third kappa shape index (κ3) is 7.98. The number of carbonyl (C=O) groups excluding carboxylic acids is 2. The fourth-order valence-corrected chi connectivity index (χ4v) is 3.72. The number of nitrogens with zero attached hydrogens (tertiary/aromatic N) is 1. The van der Waals surface area contributed by atoms with Crippen molar-refractivity contribution in [2.45, 2.75) is 38.8 Å². The number of rotatable bonds is 10. The first-order valence-corrected chi connectivity index (χ1v) is 11.6. The first-order chi connectivity index (χ1) is 17.2. The van der Waals surface area contributed by atoms with Crippen molar-refractivity contribution in [2.24, 2.45) is 0 Å². The van der Waals surface area contributed by atoms with E-state index in [4.69, 9.17) is 16.3 Å². The van der Waals surface area contributed by atoms with Crippen LogP contribution in [0.5, 0.6) is 0 Å². The van der Waals surface area contributed by atoms with Crippen molar-refractivity contribution in [3.8, 4) is 0 Å². The Morgan fingerprint density at radius 2 is 1.81 bits per heavy atom. The van der Waals surface area contributed by atoms with Crippen LogP contribution in [-0.2, 0) is 33.3 Å². The number of nitrogens with one attached hydrogen (secondary N) is 2. The second kappa shape index (κ2) is 12.4. The zero-order valence-corrected chi connectivity index (χ0v) is 20.2. The molecule has 0 aliphatic carbocycles. The fraction of sp³-hybridized carbons (Fsp3) is 0.269. The number of carbonyl (C=O) groups is 2. The lowest BCUT2D eigenvalue weighted by atomic mass is 10.1. The minimum absolute atomic E-state index is 0.0475. The molecule has 10 heteroatoms. The van der Waals surface area contributed by atoms with E-state index in [2.05, 4.69) is 15.6 Å². The van der Waals surface area contributed by atoms with Gasteiger partial charge in [-0.1, -0.05) is 29.8 Å². The van der Waals surface area contributed by atoms with E-state index in [1.165, 1.54) is 0 Å². The van der Waals surface area contributed by atoms with Crippen LogP contribution < -0.4 is 10.6 Å². The van der Waals surface area contributed by atoms with Gasteiger partial charge in [0.05, 0.1) is 35.0 Å². The smallest absolute Gasteiger partial charge is 0.417 e. The van der Waals surface area contributed by atoms with E-state index >= 15 is 0 Å². The van der Waals surface area contributed by atoms with Gasteiger partial charge >= 0.3 is 12.1 Å². The second-order valence-corrected chi connectivity index (χ2v) is 8.35. The van der Waals surface area contributed by atoms with E-state index in [9.17, 15) is 22.8 Å². The molecule has 6 nitrogen and oxygen atoms in total. The molecule has 0 aliphatic rings. The van der Waals surface area contributed by atoms with Crippen LogP contribution >= 0.6 is 11.6 Å². The Hall–Kier alpha value is -3.59. The van der Waals surface area contributed by atoms with Gasteiger partial charge in [-0.2, -0.15) is 13.2 Å². The molecule has 0 bridgehead atoms. The Labute approximate surface area is 211 Å². The van der Waals surface area contributed by atoms with E-state index in [0.717, 1.165) is 17.7 Å². The average Bonchev–Trinajstić information content (AvgIpc) is 2.82. The van der Waals surface area contributed by atoms with Crippen molar-refractivity contribution in [3.63, 3.8) is 0 Å². The number of halogens is 4. The van der Waals surface area contributed by atoms with Gasteiger partial charge in [-0.25, -0.2) is 0 Å². The van der Waals surface area contributed by atoms with E-state index in [0.29, 0.717) is 24.1 Å². The summed E-state index contributed by atoms with van der Waals surface area (Å²) >= 11 is 5.92. The van der Waals surface area contributed by atoms with Crippen molar-refractivity contribution < 1.29 is 27.5 Å². The highest BCUT2D eigenvalue weighted by Crippen LogP contribution is 2.40. The number of ether oxygens (including phenoxy) is 1. The minimum atomic E-state index is -4.69. The summed E-state index contributed by atoms with van der Waals surface area (Å²) in [7, 11) is 0. The predicted octanol–water partition coefficient (Wildman–Crippen LogP) is 6.56. The number of aromatic nitrogens is 1. The van der Waals surface area contributed by atoms with Gasteiger partial charge in [0.1, 0.15) is 0 Å². The van der Waals surface area contributed by atoms with Crippen LogP contribution in [0.15, 0.2) is 60.9 Å². The maximum Gasteiger partial charge on any atom is 0.417 e. The maximum absolute atomic E-state index is 13.5. The molecule has 1 amide bonds. The summed E-state index contributed by atoms with van der Waals surface area (Å²) in [5.74, 6) is -0.788. The molecule has 0 saturated heterocycles. The van der Waals surface area contributed by atoms with Crippen molar-refractivity contribution in [3.05, 3.63) is 82.6 Å². The number of amides is 1. The summed E-state index contributed by atoms with van der Waals surface area (Å²) < 4.78 is 45.3. The molecule has 0 spiro atoms. The molecule has 2 aromatic carbocycles. The Bertz CT molecular complexity index is 1190. The topological polar surface area (TPSA) is 80.3 Å². The summed E-state index contributed by atoms with van der Waals surface area (Å²) in [6.07, 6.45) is -0.0172. The van der Waals surface area contributed by atoms with Gasteiger partial charge in [-0.15, -0.1) is 0 Å². The van der Waals surface area contributed by atoms with Crippen LogP contribution in [0.2, 0.25) is 5.02 Å². The summed E-state index contributed by atoms with van der Waals surface area (Å²) in [4.78, 5) is 28.2. The highest BCUT2D eigenvalue weighted by Gasteiger charge is 2.34. The van der Waals surface area contributed by atoms with E-state index in [1.807, 2.05) is 6.07 Å². The quantitative estimate of drug-likeness (QED) is 0.296. The maximum atomic E-state index is 13.5. The van der Waals surface area contributed by atoms with E-state index in [-0.39, 0.29) is 36.8 Å². The summed E-state index contributed by atoms with van der Waals surface area (Å²) in [5.41, 5.74) is 1.31. The number of aryl methyl sites for hydroxylation is 1. The molecule has 3 aromatic rings. The molecule has 36 heavy (non-hydrogen) atoms. The number of alkyl halides is 3. The molecule has 1 aromatic heterocycles. The number of anilines is 3. The highest BCUT2D eigenvalue weighted by molar-refractivity contribution is 6.32. The molecule has 3 rings (SSSR count). The lowest BCUT2D eigenvalue weighted by molar-refractivity contribution is -0.142. The normalized spacial score (nSPS) is 11.1. The van der Waals surface area contributed by atoms with Gasteiger partial charge in [-0.3, -0.25) is 14.6 Å². The monoisotopic (exact) mass is 519 g/mol. The van der Waals surface area contributed by atoms with Crippen LogP contribution in [0.3, 0.4) is 0 Å². The molecular formula is C26H25ClF3N3O3. The summed E-state index contributed by atoms with van der Waals surface area (Å²) in [5, 5.41) is 5.06. The van der Waals surface area contributed by atoms with Gasteiger partial charge in [0, 0.05) is 24.5 Å². The number of benzene rings is 2. The fourth-order valence-electron chi connectivity index (χ4n) is 3.45. The number of pyridine rings is 1. The molecule has 0 unspecified atom stereocenters. The van der Waals surface area contributed by atoms with Gasteiger partial charge in [0.2, 0.25) is 5.91 Å². The average molecular weight is 520 g/mol. The van der Waals surface area contributed by atoms with Crippen LogP contribution in [0.1, 0.15) is 36.5 Å².